The first-order valence-corrected chi connectivity index (χ1v) is 6.90. The molecular formula is C15H24N2. The van der Waals surface area contributed by atoms with Crippen molar-refractivity contribution in [2.45, 2.75) is 39.5 Å². The summed E-state index contributed by atoms with van der Waals surface area (Å²) < 4.78 is 0. The van der Waals surface area contributed by atoms with Gasteiger partial charge in [0.25, 0.3) is 0 Å². The van der Waals surface area contributed by atoms with Gasteiger partial charge in [-0.3, -0.25) is 4.98 Å². The van der Waals surface area contributed by atoms with Crippen molar-refractivity contribution in [3.63, 3.8) is 0 Å². The molecule has 1 aromatic rings. The summed E-state index contributed by atoms with van der Waals surface area (Å²) in [5, 5.41) is 0. The summed E-state index contributed by atoms with van der Waals surface area (Å²) in [5.41, 5.74) is 1.34. The Kier molecular flexibility index (Phi) is 4.41. The minimum Gasteiger partial charge on any atom is -0.371 e. The molecular weight excluding hydrogens is 208 g/mol. The Morgan fingerprint density at radius 3 is 2.47 bits per heavy atom. The molecule has 0 saturated carbocycles. The van der Waals surface area contributed by atoms with Crippen molar-refractivity contribution in [3.05, 3.63) is 24.5 Å². The van der Waals surface area contributed by atoms with E-state index < -0.39 is 0 Å². The van der Waals surface area contributed by atoms with Crippen LogP contribution in [-0.2, 0) is 0 Å². The van der Waals surface area contributed by atoms with Gasteiger partial charge in [-0.15, -0.1) is 0 Å². The van der Waals surface area contributed by atoms with Crippen LogP contribution in [0.1, 0.15) is 39.5 Å². The second-order valence-corrected chi connectivity index (χ2v) is 5.61. The average Bonchev–Trinajstić information content (AvgIpc) is 2.38. The highest BCUT2D eigenvalue weighted by atomic mass is 15.1. The minimum atomic E-state index is 0.855. The summed E-state index contributed by atoms with van der Waals surface area (Å²) in [5.74, 6) is 1.81. The van der Waals surface area contributed by atoms with Gasteiger partial charge < -0.3 is 4.90 Å². The largest absolute Gasteiger partial charge is 0.371 e. The highest BCUT2D eigenvalue weighted by Gasteiger charge is 2.19. The Hall–Kier alpha value is -1.05. The molecule has 0 bridgehead atoms. The van der Waals surface area contributed by atoms with Gasteiger partial charge in [0.2, 0.25) is 0 Å². The van der Waals surface area contributed by atoms with Crippen LogP contribution in [0.15, 0.2) is 24.5 Å². The second kappa shape index (κ2) is 6.04. The third-order valence-electron chi connectivity index (χ3n) is 3.79. The number of hydrogen-bond donors (Lipinski definition) is 0. The van der Waals surface area contributed by atoms with Crippen molar-refractivity contribution >= 4 is 5.69 Å². The van der Waals surface area contributed by atoms with Gasteiger partial charge >= 0.3 is 0 Å². The average molecular weight is 232 g/mol. The molecule has 1 aromatic heterocycles. The van der Waals surface area contributed by atoms with Crippen LogP contribution >= 0.6 is 0 Å². The molecule has 1 aliphatic rings. The van der Waals surface area contributed by atoms with Crippen LogP contribution in [0, 0.1) is 11.8 Å². The monoisotopic (exact) mass is 232 g/mol. The van der Waals surface area contributed by atoms with Crippen LogP contribution in [0.4, 0.5) is 5.69 Å². The number of aromatic nitrogens is 1. The molecule has 0 amide bonds. The van der Waals surface area contributed by atoms with Crippen molar-refractivity contribution < 1.29 is 0 Å². The van der Waals surface area contributed by atoms with Crippen LogP contribution in [0.5, 0.6) is 0 Å². The molecule has 0 aromatic carbocycles. The van der Waals surface area contributed by atoms with Crippen molar-refractivity contribution in [1.29, 1.82) is 0 Å². The zero-order chi connectivity index (χ0) is 12.1. The summed E-state index contributed by atoms with van der Waals surface area (Å²) in [7, 11) is 0. The molecule has 2 nitrogen and oxygen atoms in total. The molecule has 0 spiro atoms. The molecule has 2 heterocycles. The number of hydrogen-bond acceptors (Lipinski definition) is 2. The van der Waals surface area contributed by atoms with Gasteiger partial charge in [-0.25, -0.2) is 0 Å². The molecule has 0 unspecified atom stereocenters. The Morgan fingerprint density at radius 1 is 1.24 bits per heavy atom. The Morgan fingerprint density at radius 2 is 1.88 bits per heavy atom. The van der Waals surface area contributed by atoms with Crippen molar-refractivity contribution in [2.75, 3.05) is 18.0 Å². The van der Waals surface area contributed by atoms with Gasteiger partial charge in [-0.1, -0.05) is 26.7 Å². The predicted octanol–water partition coefficient (Wildman–Crippen LogP) is 3.73. The maximum atomic E-state index is 4.08. The third-order valence-corrected chi connectivity index (χ3v) is 3.79. The van der Waals surface area contributed by atoms with Crippen LogP contribution in [0.25, 0.3) is 0 Å². The fourth-order valence-corrected chi connectivity index (χ4v) is 2.60. The first-order valence-electron chi connectivity index (χ1n) is 6.90. The lowest BCUT2D eigenvalue weighted by Crippen LogP contribution is -2.33. The first kappa shape index (κ1) is 12.4. The van der Waals surface area contributed by atoms with Crippen LogP contribution < -0.4 is 4.90 Å². The van der Waals surface area contributed by atoms with Crippen molar-refractivity contribution in [1.82, 2.24) is 4.98 Å². The van der Waals surface area contributed by atoms with Crippen LogP contribution in [0.2, 0.25) is 0 Å². The number of pyridine rings is 1. The predicted molar refractivity (Wildman–Crippen MR) is 73.2 cm³/mol. The number of anilines is 1. The third kappa shape index (κ3) is 3.72. The van der Waals surface area contributed by atoms with E-state index in [4.69, 9.17) is 0 Å². The van der Waals surface area contributed by atoms with Crippen LogP contribution in [-0.4, -0.2) is 18.1 Å². The van der Waals surface area contributed by atoms with E-state index in [-0.39, 0.29) is 0 Å². The van der Waals surface area contributed by atoms with E-state index >= 15 is 0 Å². The molecule has 0 N–H and O–H groups in total. The highest BCUT2D eigenvalue weighted by Crippen LogP contribution is 2.26. The number of nitrogens with zero attached hydrogens (tertiary/aromatic N) is 2. The summed E-state index contributed by atoms with van der Waals surface area (Å²) in [6.07, 6.45) is 9.30. The first-order chi connectivity index (χ1) is 8.25. The van der Waals surface area contributed by atoms with E-state index in [0.29, 0.717) is 0 Å². The summed E-state index contributed by atoms with van der Waals surface area (Å²) in [6, 6.07) is 4.24. The molecule has 1 aliphatic heterocycles. The van der Waals surface area contributed by atoms with E-state index in [2.05, 4.69) is 35.9 Å². The van der Waals surface area contributed by atoms with E-state index in [9.17, 15) is 0 Å². The maximum Gasteiger partial charge on any atom is 0.0397 e. The van der Waals surface area contributed by atoms with E-state index in [1.165, 1.54) is 44.5 Å². The zero-order valence-corrected chi connectivity index (χ0v) is 11.1. The number of piperidine rings is 1. The zero-order valence-electron chi connectivity index (χ0n) is 11.1. The topological polar surface area (TPSA) is 16.1 Å². The maximum absolute atomic E-state index is 4.08. The lowest BCUT2D eigenvalue weighted by Gasteiger charge is -2.33. The summed E-state index contributed by atoms with van der Waals surface area (Å²) in [6.45, 7) is 7.08. The Labute approximate surface area is 105 Å². The van der Waals surface area contributed by atoms with E-state index in [1.807, 2.05) is 12.4 Å². The van der Waals surface area contributed by atoms with Gasteiger partial charge in [0, 0.05) is 31.2 Å². The molecule has 2 rings (SSSR count). The van der Waals surface area contributed by atoms with Gasteiger partial charge in [0.05, 0.1) is 0 Å². The molecule has 17 heavy (non-hydrogen) atoms. The molecule has 1 saturated heterocycles. The SMILES string of the molecule is CC(C)CCC1CCN(c2ccncc2)CC1. The standard InChI is InChI=1S/C15H24N2/c1-13(2)3-4-14-7-11-17(12-8-14)15-5-9-16-10-6-15/h5-6,9-10,13-14H,3-4,7-8,11-12H2,1-2H3. The molecule has 0 aliphatic carbocycles. The molecule has 0 radical (unpaired) electrons. The fraction of sp³-hybridized carbons (Fsp3) is 0.667. The number of rotatable bonds is 4. The van der Waals surface area contributed by atoms with Gasteiger partial charge in [-0.2, -0.15) is 0 Å². The highest BCUT2D eigenvalue weighted by molar-refractivity contribution is 5.44. The van der Waals surface area contributed by atoms with Gasteiger partial charge in [-0.05, 0) is 36.8 Å². The molecule has 2 heteroatoms. The quantitative estimate of drug-likeness (QED) is 0.786. The Balaban J connectivity index is 1.78. The minimum absolute atomic E-state index is 0.855. The van der Waals surface area contributed by atoms with Gasteiger partial charge in [0.1, 0.15) is 0 Å². The van der Waals surface area contributed by atoms with E-state index in [1.54, 1.807) is 0 Å². The smallest absolute Gasteiger partial charge is 0.0397 e. The Bertz CT molecular complexity index is 313. The van der Waals surface area contributed by atoms with E-state index in [0.717, 1.165) is 11.8 Å². The molecule has 1 fully saturated rings. The lowest BCUT2D eigenvalue weighted by molar-refractivity contribution is 0.351. The lowest BCUT2D eigenvalue weighted by atomic mass is 9.89. The normalized spacial score (nSPS) is 17.7. The fourth-order valence-electron chi connectivity index (χ4n) is 2.60. The van der Waals surface area contributed by atoms with Gasteiger partial charge in [0.15, 0.2) is 0 Å². The summed E-state index contributed by atoms with van der Waals surface area (Å²) in [4.78, 5) is 6.57. The molecule has 94 valence electrons. The summed E-state index contributed by atoms with van der Waals surface area (Å²) >= 11 is 0. The molecule has 0 atom stereocenters. The van der Waals surface area contributed by atoms with Crippen molar-refractivity contribution in [3.8, 4) is 0 Å². The van der Waals surface area contributed by atoms with Crippen LogP contribution in [0.3, 0.4) is 0 Å². The second-order valence-electron chi connectivity index (χ2n) is 5.61. The van der Waals surface area contributed by atoms with Crippen molar-refractivity contribution in [2.24, 2.45) is 11.8 Å².